The van der Waals surface area contributed by atoms with Gasteiger partial charge >= 0.3 is 0 Å². The lowest BCUT2D eigenvalue weighted by Crippen LogP contribution is -2.24. The maximum atomic E-state index is 12.1. The quantitative estimate of drug-likeness (QED) is 0.634. The van der Waals surface area contributed by atoms with Gasteiger partial charge in [0.2, 0.25) is 0 Å². The van der Waals surface area contributed by atoms with E-state index in [0.29, 0.717) is 25.1 Å². The molecule has 5 heteroatoms. The van der Waals surface area contributed by atoms with Crippen molar-refractivity contribution in [2.24, 2.45) is 0 Å². The molecule has 1 aromatic carbocycles. The average molecular weight is 309 g/mol. The number of anilines is 1. The van der Waals surface area contributed by atoms with Crippen molar-refractivity contribution in [2.45, 2.75) is 19.9 Å². The summed E-state index contributed by atoms with van der Waals surface area (Å²) in [6.45, 7) is 2.74. The molecule has 1 amide bonds. The third-order valence-corrected chi connectivity index (χ3v) is 3.11. The van der Waals surface area contributed by atoms with E-state index in [-0.39, 0.29) is 11.7 Å². The first-order valence-electron chi connectivity index (χ1n) is 7.30. The van der Waals surface area contributed by atoms with E-state index < -0.39 is 0 Å². The SMILES string of the molecule is CC#CCCOc1cccc(CNC(=O)c2cccnc2N)c1. The highest BCUT2D eigenvalue weighted by Crippen LogP contribution is 2.14. The molecule has 0 saturated carbocycles. The Hall–Kier alpha value is -3.00. The van der Waals surface area contributed by atoms with Crippen LogP contribution in [0.25, 0.3) is 0 Å². The minimum Gasteiger partial charge on any atom is -0.493 e. The van der Waals surface area contributed by atoms with Gasteiger partial charge in [-0.1, -0.05) is 12.1 Å². The molecule has 1 heterocycles. The molecule has 0 spiro atoms. The Morgan fingerprint density at radius 3 is 3.00 bits per heavy atom. The molecule has 0 bridgehead atoms. The highest BCUT2D eigenvalue weighted by molar-refractivity contribution is 5.98. The fourth-order valence-electron chi connectivity index (χ4n) is 1.98. The molecule has 0 unspecified atom stereocenters. The van der Waals surface area contributed by atoms with Crippen molar-refractivity contribution < 1.29 is 9.53 Å². The van der Waals surface area contributed by atoms with Crippen LogP contribution in [0.4, 0.5) is 5.82 Å². The summed E-state index contributed by atoms with van der Waals surface area (Å²) in [4.78, 5) is 16.0. The van der Waals surface area contributed by atoms with Gasteiger partial charge in [-0.25, -0.2) is 4.98 Å². The summed E-state index contributed by atoms with van der Waals surface area (Å²) in [5.41, 5.74) is 7.01. The standard InChI is InChI=1S/C18H19N3O2/c1-2-3-4-11-23-15-8-5-7-14(12-15)13-21-18(22)16-9-6-10-20-17(16)19/h5-10,12H,4,11,13H2,1H3,(H2,19,20)(H,21,22). The van der Waals surface area contributed by atoms with Crippen LogP contribution in [-0.4, -0.2) is 17.5 Å². The lowest BCUT2D eigenvalue weighted by Gasteiger charge is -2.09. The maximum absolute atomic E-state index is 12.1. The summed E-state index contributed by atoms with van der Waals surface area (Å²) in [6.07, 6.45) is 2.24. The minimum absolute atomic E-state index is 0.221. The third kappa shape index (κ3) is 5.04. The normalized spacial score (nSPS) is 9.61. The summed E-state index contributed by atoms with van der Waals surface area (Å²) >= 11 is 0. The zero-order chi connectivity index (χ0) is 16.5. The first kappa shape index (κ1) is 16.4. The average Bonchev–Trinajstić information content (AvgIpc) is 2.57. The number of rotatable bonds is 6. The summed E-state index contributed by atoms with van der Waals surface area (Å²) in [6, 6.07) is 10.9. The predicted octanol–water partition coefficient (Wildman–Crippen LogP) is 2.39. The first-order chi connectivity index (χ1) is 11.2. The minimum atomic E-state index is -0.250. The van der Waals surface area contributed by atoms with Crippen molar-refractivity contribution in [3.05, 3.63) is 53.7 Å². The van der Waals surface area contributed by atoms with Crippen LogP contribution < -0.4 is 15.8 Å². The van der Waals surface area contributed by atoms with Crippen molar-refractivity contribution in [1.82, 2.24) is 10.3 Å². The van der Waals surface area contributed by atoms with Crippen LogP contribution in [0.5, 0.6) is 5.75 Å². The zero-order valence-corrected chi connectivity index (χ0v) is 13.0. The molecule has 1 aromatic heterocycles. The van der Waals surface area contributed by atoms with Crippen molar-refractivity contribution >= 4 is 11.7 Å². The lowest BCUT2D eigenvalue weighted by atomic mass is 10.2. The van der Waals surface area contributed by atoms with Gasteiger partial charge in [-0.2, -0.15) is 0 Å². The van der Waals surface area contributed by atoms with Crippen LogP contribution in [0.1, 0.15) is 29.3 Å². The van der Waals surface area contributed by atoms with Gasteiger partial charge in [0.05, 0.1) is 12.2 Å². The number of aromatic nitrogens is 1. The molecule has 23 heavy (non-hydrogen) atoms. The molecule has 0 atom stereocenters. The van der Waals surface area contributed by atoms with Crippen molar-refractivity contribution in [2.75, 3.05) is 12.3 Å². The molecule has 0 aliphatic rings. The molecule has 0 aliphatic heterocycles. The van der Waals surface area contributed by atoms with E-state index >= 15 is 0 Å². The number of hydrogen-bond donors (Lipinski definition) is 2. The van der Waals surface area contributed by atoms with Gasteiger partial charge in [-0.3, -0.25) is 4.79 Å². The van der Waals surface area contributed by atoms with Gasteiger partial charge in [-0.15, -0.1) is 11.8 Å². The van der Waals surface area contributed by atoms with Crippen LogP contribution >= 0.6 is 0 Å². The number of nitrogen functional groups attached to an aromatic ring is 1. The van der Waals surface area contributed by atoms with Gasteiger partial charge in [0.15, 0.2) is 0 Å². The molecule has 0 fully saturated rings. The number of carbonyl (C=O) groups is 1. The number of carbonyl (C=O) groups excluding carboxylic acids is 1. The zero-order valence-electron chi connectivity index (χ0n) is 13.0. The predicted molar refractivity (Wildman–Crippen MR) is 89.8 cm³/mol. The van der Waals surface area contributed by atoms with E-state index in [0.717, 1.165) is 11.3 Å². The number of nitrogens with zero attached hydrogens (tertiary/aromatic N) is 1. The molecule has 0 saturated heterocycles. The largest absolute Gasteiger partial charge is 0.493 e. The Labute approximate surface area is 135 Å². The molecule has 2 aromatic rings. The smallest absolute Gasteiger partial charge is 0.255 e. The molecule has 0 radical (unpaired) electrons. The number of ether oxygens (including phenoxy) is 1. The van der Waals surface area contributed by atoms with Crippen molar-refractivity contribution in [3.63, 3.8) is 0 Å². The Morgan fingerprint density at radius 1 is 1.35 bits per heavy atom. The highest BCUT2D eigenvalue weighted by atomic mass is 16.5. The van der Waals surface area contributed by atoms with Crippen LogP contribution in [0.2, 0.25) is 0 Å². The Bertz CT molecular complexity index is 732. The first-order valence-corrected chi connectivity index (χ1v) is 7.30. The number of amides is 1. The second-order valence-electron chi connectivity index (χ2n) is 4.79. The number of nitrogens with one attached hydrogen (secondary N) is 1. The van der Waals surface area contributed by atoms with E-state index in [4.69, 9.17) is 10.5 Å². The summed E-state index contributed by atoms with van der Waals surface area (Å²) in [5, 5.41) is 2.82. The lowest BCUT2D eigenvalue weighted by molar-refractivity contribution is 0.0951. The van der Waals surface area contributed by atoms with Gasteiger partial charge < -0.3 is 15.8 Å². The number of nitrogens with two attached hydrogens (primary N) is 1. The molecule has 3 N–H and O–H groups in total. The van der Waals surface area contributed by atoms with E-state index in [1.54, 1.807) is 25.3 Å². The van der Waals surface area contributed by atoms with Gasteiger partial charge in [-0.05, 0) is 36.8 Å². The van der Waals surface area contributed by atoms with Gasteiger partial charge in [0, 0.05) is 19.2 Å². The molecule has 2 rings (SSSR count). The second kappa shape index (κ2) is 8.44. The Morgan fingerprint density at radius 2 is 2.22 bits per heavy atom. The van der Waals surface area contributed by atoms with Gasteiger partial charge in [0.1, 0.15) is 11.6 Å². The number of hydrogen-bond acceptors (Lipinski definition) is 4. The summed E-state index contributed by atoms with van der Waals surface area (Å²) in [7, 11) is 0. The number of pyridine rings is 1. The van der Waals surface area contributed by atoms with Crippen molar-refractivity contribution in [1.29, 1.82) is 0 Å². The Kier molecular flexibility index (Phi) is 6.01. The van der Waals surface area contributed by atoms with Crippen LogP contribution in [0.3, 0.4) is 0 Å². The van der Waals surface area contributed by atoms with Gasteiger partial charge in [0.25, 0.3) is 5.91 Å². The molecule has 118 valence electrons. The third-order valence-electron chi connectivity index (χ3n) is 3.11. The monoisotopic (exact) mass is 309 g/mol. The van der Waals surface area contributed by atoms with E-state index in [2.05, 4.69) is 22.1 Å². The van der Waals surface area contributed by atoms with Crippen LogP contribution in [-0.2, 0) is 6.54 Å². The second-order valence-corrected chi connectivity index (χ2v) is 4.79. The van der Waals surface area contributed by atoms with Crippen LogP contribution in [0, 0.1) is 11.8 Å². The van der Waals surface area contributed by atoms with E-state index in [9.17, 15) is 4.79 Å². The Balaban J connectivity index is 1.91. The summed E-state index contributed by atoms with van der Waals surface area (Å²) in [5.74, 6) is 6.50. The maximum Gasteiger partial charge on any atom is 0.255 e. The molecular formula is C18H19N3O2. The fourth-order valence-corrected chi connectivity index (χ4v) is 1.98. The molecular weight excluding hydrogens is 290 g/mol. The van der Waals surface area contributed by atoms with E-state index in [1.807, 2.05) is 24.3 Å². The van der Waals surface area contributed by atoms with Crippen molar-refractivity contribution in [3.8, 4) is 17.6 Å². The summed E-state index contributed by atoms with van der Waals surface area (Å²) < 4.78 is 5.61. The van der Waals surface area contributed by atoms with E-state index in [1.165, 1.54) is 0 Å². The molecule has 0 aliphatic carbocycles. The number of benzene rings is 1. The highest BCUT2D eigenvalue weighted by Gasteiger charge is 2.09. The molecule has 5 nitrogen and oxygen atoms in total. The van der Waals surface area contributed by atoms with Crippen LogP contribution in [0.15, 0.2) is 42.6 Å². The topological polar surface area (TPSA) is 77.2 Å². The fraction of sp³-hybridized carbons (Fsp3) is 0.222.